The smallest absolute Gasteiger partial charge is 0.0350 e. The third-order valence-electron chi connectivity index (χ3n) is 3.03. The van der Waals surface area contributed by atoms with Crippen molar-refractivity contribution < 1.29 is 0 Å². The minimum atomic E-state index is 0.868. The Balaban J connectivity index is 2.34. The summed E-state index contributed by atoms with van der Waals surface area (Å²) in [6.45, 7) is 7.62. The summed E-state index contributed by atoms with van der Waals surface area (Å²) in [6.07, 6.45) is 5.59. The average molecular weight is 424 g/mol. The highest BCUT2D eigenvalue weighted by atomic mass is 79.9. The molecule has 3 heteroatoms. The van der Waals surface area contributed by atoms with Crippen molar-refractivity contribution in [3.8, 4) is 0 Å². The van der Waals surface area contributed by atoms with Crippen LogP contribution in [0.25, 0.3) is 0 Å². The molecule has 0 radical (unpaired) electrons. The molecular formula is C18H16Br2S. The van der Waals surface area contributed by atoms with E-state index in [0.29, 0.717) is 0 Å². The van der Waals surface area contributed by atoms with Crippen LogP contribution in [-0.4, -0.2) is 0 Å². The van der Waals surface area contributed by atoms with E-state index >= 15 is 0 Å². The second-order valence-electron chi connectivity index (χ2n) is 4.55. The SMILES string of the molecule is C=CCc1cccc(Sc2cccc(CC=C)c2Br)c1Br. The van der Waals surface area contributed by atoms with Crippen LogP contribution in [-0.2, 0) is 12.8 Å². The highest BCUT2D eigenvalue weighted by molar-refractivity contribution is 9.11. The van der Waals surface area contributed by atoms with Gasteiger partial charge < -0.3 is 0 Å². The number of hydrogen-bond acceptors (Lipinski definition) is 1. The van der Waals surface area contributed by atoms with Crippen molar-refractivity contribution >= 4 is 43.6 Å². The molecule has 0 heterocycles. The molecule has 0 aliphatic carbocycles. The van der Waals surface area contributed by atoms with Gasteiger partial charge in [-0.25, -0.2) is 0 Å². The van der Waals surface area contributed by atoms with Crippen molar-refractivity contribution in [2.24, 2.45) is 0 Å². The highest BCUT2D eigenvalue weighted by Crippen LogP contribution is 2.40. The molecule has 0 aromatic heterocycles. The Hall–Kier alpha value is -0.770. The number of hydrogen-bond donors (Lipinski definition) is 0. The molecule has 0 N–H and O–H groups in total. The second kappa shape index (κ2) is 8.02. The Labute approximate surface area is 147 Å². The monoisotopic (exact) mass is 422 g/mol. The third kappa shape index (κ3) is 4.12. The number of halogens is 2. The van der Waals surface area contributed by atoms with Gasteiger partial charge in [-0.05, 0) is 68.0 Å². The summed E-state index contributed by atoms with van der Waals surface area (Å²) in [6, 6.07) is 12.7. The van der Waals surface area contributed by atoms with Gasteiger partial charge in [0.15, 0.2) is 0 Å². The molecule has 0 nitrogen and oxygen atoms in total. The number of rotatable bonds is 6. The summed E-state index contributed by atoms with van der Waals surface area (Å²) in [4.78, 5) is 2.43. The summed E-state index contributed by atoms with van der Waals surface area (Å²) in [5, 5.41) is 0. The van der Waals surface area contributed by atoms with E-state index in [1.54, 1.807) is 11.8 Å². The first-order valence-corrected chi connectivity index (χ1v) is 9.02. The van der Waals surface area contributed by atoms with Crippen molar-refractivity contribution in [3.05, 3.63) is 81.8 Å². The van der Waals surface area contributed by atoms with E-state index in [9.17, 15) is 0 Å². The summed E-state index contributed by atoms with van der Waals surface area (Å²) in [5.74, 6) is 0. The lowest BCUT2D eigenvalue weighted by atomic mass is 10.1. The quantitative estimate of drug-likeness (QED) is 0.459. The van der Waals surface area contributed by atoms with Gasteiger partial charge >= 0.3 is 0 Å². The van der Waals surface area contributed by atoms with Crippen molar-refractivity contribution in [2.75, 3.05) is 0 Å². The van der Waals surface area contributed by atoms with Crippen LogP contribution in [0.1, 0.15) is 11.1 Å². The number of allylic oxidation sites excluding steroid dienone is 2. The van der Waals surface area contributed by atoms with E-state index in [4.69, 9.17) is 0 Å². The molecule has 108 valence electrons. The van der Waals surface area contributed by atoms with E-state index in [2.05, 4.69) is 81.4 Å². The van der Waals surface area contributed by atoms with Crippen LogP contribution in [0.4, 0.5) is 0 Å². The van der Waals surface area contributed by atoms with Crippen molar-refractivity contribution in [1.82, 2.24) is 0 Å². The molecule has 0 amide bonds. The topological polar surface area (TPSA) is 0 Å². The Morgan fingerprint density at radius 2 is 1.24 bits per heavy atom. The maximum absolute atomic E-state index is 3.81. The summed E-state index contributed by atoms with van der Waals surface area (Å²) in [5.41, 5.74) is 2.52. The van der Waals surface area contributed by atoms with Gasteiger partial charge in [-0.2, -0.15) is 0 Å². The van der Waals surface area contributed by atoms with Gasteiger partial charge in [0.05, 0.1) is 0 Å². The fraction of sp³-hybridized carbons (Fsp3) is 0.111. The van der Waals surface area contributed by atoms with Gasteiger partial charge in [0.2, 0.25) is 0 Å². The normalized spacial score (nSPS) is 10.4. The molecule has 0 aliphatic heterocycles. The predicted molar refractivity (Wildman–Crippen MR) is 100 cm³/mol. The first-order valence-electron chi connectivity index (χ1n) is 6.61. The first-order chi connectivity index (χ1) is 10.2. The Bertz CT molecular complexity index is 605. The zero-order valence-corrected chi connectivity index (χ0v) is 15.6. The molecule has 0 atom stereocenters. The molecule has 0 aliphatic rings. The Morgan fingerprint density at radius 3 is 1.62 bits per heavy atom. The van der Waals surface area contributed by atoms with Crippen LogP contribution in [0.15, 0.2) is 80.4 Å². The van der Waals surface area contributed by atoms with Crippen LogP contribution >= 0.6 is 43.6 Å². The minimum absolute atomic E-state index is 0.868. The van der Waals surface area contributed by atoms with E-state index in [1.165, 1.54) is 20.9 Å². The predicted octanol–water partition coefficient (Wildman–Crippen LogP) is 6.82. The molecule has 2 aromatic rings. The highest BCUT2D eigenvalue weighted by Gasteiger charge is 2.10. The average Bonchev–Trinajstić information content (AvgIpc) is 2.48. The molecule has 0 bridgehead atoms. The molecule has 0 fully saturated rings. The van der Waals surface area contributed by atoms with Gasteiger partial charge in [-0.15, -0.1) is 13.2 Å². The van der Waals surface area contributed by atoms with Gasteiger partial charge in [0.25, 0.3) is 0 Å². The van der Waals surface area contributed by atoms with Gasteiger partial charge in [-0.1, -0.05) is 48.2 Å². The maximum atomic E-state index is 3.81. The molecule has 0 unspecified atom stereocenters. The first kappa shape index (κ1) is 16.6. The van der Waals surface area contributed by atoms with Crippen LogP contribution in [0.5, 0.6) is 0 Å². The van der Waals surface area contributed by atoms with Gasteiger partial charge in [0, 0.05) is 18.7 Å². The van der Waals surface area contributed by atoms with Crippen LogP contribution in [0.3, 0.4) is 0 Å². The van der Waals surface area contributed by atoms with Gasteiger partial charge in [-0.3, -0.25) is 0 Å². The lowest BCUT2D eigenvalue weighted by molar-refractivity contribution is 1.19. The van der Waals surface area contributed by atoms with Crippen LogP contribution in [0.2, 0.25) is 0 Å². The van der Waals surface area contributed by atoms with Crippen molar-refractivity contribution in [2.45, 2.75) is 22.6 Å². The largest absolute Gasteiger partial charge is 0.103 e. The Morgan fingerprint density at radius 1 is 0.810 bits per heavy atom. The van der Waals surface area contributed by atoms with Gasteiger partial charge in [0.1, 0.15) is 0 Å². The fourth-order valence-electron chi connectivity index (χ4n) is 2.01. The zero-order chi connectivity index (χ0) is 15.2. The van der Waals surface area contributed by atoms with Crippen molar-refractivity contribution in [1.29, 1.82) is 0 Å². The lowest BCUT2D eigenvalue weighted by Gasteiger charge is -2.11. The second-order valence-corrected chi connectivity index (χ2v) is 7.22. The zero-order valence-electron chi connectivity index (χ0n) is 11.6. The van der Waals surface area contributed by atoms with Crippen molar-refractivity contribution in [3.63, 3.8) is 0 Å². The molecule has 0 saturated carbocycles. The minimum Gasteiger partial charge on any atom is -0.103 e. The van der Waals surface area contributed by atoms with E-state index < -0.39 is 0 Å². The summed E-state index contributed by atoms with van der Waals surface area (Å²) < 4.78 is 2.30. The molecule has 0 spiro atoms. The number of benzene rings is 2. The summed E-state index contributed by atoms with van der Waals surface area (Å²) >= 11 is 9.19. The molecule has 2 rings (SSSR count). The van der Waals surface area contributed by atoms with E-state index in [0.717, 1.165) is 21.8 Å². The van der Waals surface area contributed by atoms with Crippen LogP contribution < -0.4 is 0 Å². The Kier molecular flexibility index (Phi) is 6.34. The maximum Gasteiger partial charge on any atom is 0.0350 e. The fourth-order valence-corrected chi connectivity index (χ4v) is 4.32. The standard InChI is InChI=1S/C18H16Br2S/c1-3-7-13-9-5-11-15(17(13)19)21-16-12-6-10-14(8-4-2)18(16)20/h3-6,9-12H,1-2,7-8H2. The molecule has 21 heavy (non-hydrogen) atoms. The molecule has 2 aromatic carbocycles. The molecular weight excluding hydrogens is 408 g/mol. The third-order valence-corrected chi connectivity index (χ3v) is 6.55. The lowest BCUT2D eigenvalue weighted by Crippen LogP contribution is -1.88. The van der Waals surface area contributed by atoms with E-state index in [1.807, 2.05) is 12.2 Å². The van der Waals surface area contributed by atoms with E-state index in [-0.39, 0.29) is 0 Å². The summed E-state index contributed by atoms with van der Waals surface area (Å²) in [7, 11) is 0. The van der Waals surface area contributed by atoms with Crippen LogP contribution in [0, 0.1) is 0 Å². The molecule has 0 saturated heterocycles.